The van der Waals surface area contributed by atoms with Crippen LogP contribution in [-0.4, -0.2) is 31.7 Å². The van der Waals surface area contributed by atoms with Crippen LogP contribution in [0.15, 0.2) is 66.7 Å². The number of methoxy groups -OCH3 is 1. The van der Waals surface area contributed by atoms with Gasteiger partial charge in [-0.1, -0.05) is 49.2 Å². The van der Waals surface area contributed by atoms with Crippen molar-refractivity contribution in [2.75, 3.05) is 7.11 Å². The molecule has 11 heteroatoms. The van der Waals surface area contributed by atoms with Gasteiger partial charge in [-0.3, -0.25) is 0 Å². The first-order valence-corrected chi connectivity index (χ1v) is 12.6. The summed E-state index contributed by atoms with van der Waals surface area (Å²) in [5, 5.41) is 5.75. The number of hydrogen-bond acceptors (Lipinski definition) is 3. The van der Waals surface area contributed by atoms with Crippen LogP contribution in [0.3, 0.4) is 0 Å². The van der Waals surface area contributed by atoms with E-state index in [0.29, 0.717) is 11.6 Å². The van der Waals surface area contributed by atoms with Crippen LogP contribution in [0.5, 0.6) is 11.5 Å². The third-order valence-corrected chi connectivity index (χ3v) is 6.85. The van der Waals surface area contributed by atoms with E-state index in [1.54, 1.807) is 30.3 Å². The number of ether oxygens (including phenoxy) is 2. The SMILES string of the molecule is COc1cc([C@@](Cc2ccccc2)(NC(=O)NC2CCCC2)c2cc(F)cc(OC(F)(F)C(F)F)c2)ccc1F. The third kappa shape index (κ3) is 6.63. The Bertz CT molecular complexity index is 1320. The highest BCUT2D eigenvalue weighted by Gasteiger charge is 2.45. The van der Waals surface area contributed by atoms with Crippen molar-refractivity contribution in [1.29, 1.82) is 0 Å². The molecule has 0 radical (unpaired) electrons. The Balaban J connectivity index is 1.91. The number of urea groups is 1. The molecule has 2 N–H and O–H groups in total. The lowest BCUT2D eigenvalue weighted by Gasteiger charge is -2.37. The molecule has 2 amide bonds. The number of hydrogen-bond donors (Lipinski definition) is 2. The Morgan fingerprint density at radius 1 is 0.975 bits per heavy atom. The summed E-state index contributed by atoms with van der Waals surface area (Å²) < 4.78 is 92.1. The van der Waals surface area contributed by atoms with E-state index in [0.717, 1.165) is 43.9 Å². The summed E-state index contributed by atoms with van der Waals surface area (Å²) in [7, 11) is 1.24. The number of carbonyl (C=O) groups excluding carboxylic acids is 1. The second-order valence-corrected chi connectivity index (χ2v) is 9.64. The summed E-state index contributed by atoms with van der Waals surface area (Å²) in [4.78, 5) is 13.4. The maximum Gasteiger partial charge on any atom is 0.461 e. The lowest BCUT2D eigenvalue weighted by Crippen LogP contribution is -2.53. The van der Waals surface area contributed by atoms with E-state index in [-0.39, 0.29) is 29.3 Å². The summed E-state index contributed by atoms with van der Waals surface area (Å²) in [5.74, 6) is -2.87. The molecule has 1 fully saturated rings. The minimum absolute atomic E-state index is 0.0607. The van der Waals surface area contributed by atoms with Crippen molar-refractivity contribution < 1.29 is 40.6 Å². The summed E-state index contributed by atoms with van der Waals surface area (Å²) in [6.07, 6.45) is -5.77. The molecular formula is C29H28F6N2O3. The average Bonchev–Trinajstić information content (AvgIpc) is 3.41. The summed E-state index contributed by atoms with van der Waals surface area (Å²) in [5.41, 5.74) is -0.970. The quantitative estimate of drug-likeness (QED) is 0.262. The highest BCUT2D eigenvalue weighted by atomic mass is 19.3. The number of benzene rings is 3. The maximum atomic E-state index is 14.9. The van der Waals surface area contributed by atoms with Gasteiger partial charge < -0.3 is 20.1 Å². The molecular weight excluding hydrogens is 538 g/mol. The topological polar surface area (TPSA) is 59.6 Å². The smallest absolute Gasteiger partial charge is 0.461 e. The second-order valence-electron chi connectivity index (χ2n) is 9.64. The minimum atomic E-state index is -4.90. The zero-order chi connectivity index (χ0) is 28.9. The second kappa shape index (κ2) is 12.1. The van der Waals surface area contributed by atoms with E-state index in [2.05, 4.69) is 15.4 Å². The van der Waals surface area contributed by atoms with E-state index in [1.165, 1.54) is 19.2 Å². The number of carbonyl (C=O) groups is 1. The zero-order valence-electron chi connectivity index (χ0n) is 21.5. The van der Waals surface area contributed by atoms with Gasteiger partial charge in [-0.05, 0) is 53.8 Å². The summed E-state index contributed by atoms with van der Waals surface area (Å²) >= 11 is 0. The molecule has 0 spiro atoms. The van der Waals surface area contributed by atoms with Gasteiger partial charge in [0.05, 0.1) is 12.6 Å². The van der Waals surface area contributed by atoms with Gasteiger partial charge in [0.1, 0.15) is 11.6 Å². The summed E-state index contributed by atoms with van der Waals surface area (Å²) in [6.45, 7) is 0. The number of halogens is 6. The Hall–Kier alpha value is -3.89. The molecule has 4 rings (SSSR count). The molecule has 0 aliphatic heterocycles. The van der Waals surface area contributed by atoms with Gasteiger partial charge in [0.2, 0.25) is 0 Å². The lowest BCUT2D eigenvalue weighted by molar-refractivity contribution is -0.253. The molecule has 5 nitrogen and oxygen atoms in total. The fourth-order valence-corrected chi connectivity index (χ4v) is 4.94. The Morgan fingerprint density at radius 2 is 1.68 bits per heavy atom. The molecule has 3 aromatic rings. The Morgan fingerprint density at radius 3 is 2.33 bits per heavy atom. The first kappa shape index (κ1) is 29.1. The predicted molar refractivity (Wildman–Crippen MR) is 136 cm³/mol. The number of rotatable bonds is 10. The summed E-state index contributed by atoms with van der Waals surface area (Å²) in [6, 6.07) is 14.1. The molecule has 3 aromatic carbocycles. The molecule has 214 valence electrons. The van der Waals surface area contributed by atoms with Crippen LogP contribution in [0.1, 0.15) is 42.4 Å². The van der Waals surface area contributed by atoms with Crippen LogP contribution in [0.25, 0.3) is 0 Å². The zero-order valence-corrected chi connectivity index (χ0v) is 21.5. The monoisotopic (exact) mass is 566 g/mol. The molecule has 0 heterocycles. The first-order valence-electron chi connectivity index (χ1n) is 12.6. The largest absolute Gasteiger partial charge is 0.494 e. The maximum absolute atomic E-state index is 14.9. The van der Waals surface area contributed by atoms with Crippen LogP contribution in [0.2, 0.25) is 0 Å². The first-order chi connectivity index (χ1) is 19.0. The molecule has 1 saturated carbocycles. The van der Waals surface area contributed by atoms with Crippen molar-refractivity contribution in [3.63, 3.8) is 0 Å². The molecule has 40 heavy (non-hydrogen) atoms. The van der Waals surface area contributed by atoms with Crippen LogP contribution < -0.4 is 20.1 Å². The van der Waals surface area contributed by atoms with Crippen LogP contribution >= 0.6 is 0 Å². The van der Waals surface area contributed by atoms with Crippen LogP contribution in [0, 0.1) is 11.6 Å². The number of alkyl halides is 4. The molecule has 0 saturated heterocycles. The highest BCUT2D eigenvalue weighted by molar-refractivity contribution is 5.76. The van der Waals surface area contributed by atoms with E-state index in [1.807, 2.05) is 0 Å². The number of amides is 2. The van der Waals surface area contributed by atoms with Crippen molar-refractivity contribution in [2.24, 2.45) is 0 Å². The van der Waals surface area contributed by atoms with Gasteiger partial charge in [0.25, 0.3) is 0 Å². The van der Waals surface area contributed by atoms with E-state index in [9.17, 15) is 31.1 Å². The fraction of sp³-hybridized carbons (Fsp3) is 0.345. The van der Waals surface area contributed by atoms with Crippen molar-refractivity contribution in [3.05, 3.63) is 95.1 Å². The third-order valence-electron chi connectivity index (χ3n) is 6.85. The van der Waals surface area contributed by atoms with E-state index in [4.69, 9.17) is 4.74 Å². The van der Waals surface area contributed by atoms with Crippen molar-refractivity contribution in [1.82, 2.24) is 10.6 Å². The predicted octanol–water partition coefficient (Wildman–Crippen LogP) is 6.94. The molecule has 0 bridgehead atoms. The van der Waals surface area contributed by atoms with Crippen LogP contribution in [-0.2, 0) is 12.0 Å². The van der Waals surface area contributed by atoms with Gasteiger partial charge in [0, 0.05) is 18.5 Å². The van der Waals surface area contributed by atoms with E-state index < -0.39 is 41.5 Å². The molecule has 0 unspecified atom stereocenters. The standard InChI is InChI=1S/C29H28F6N2O3/c1-39-25-15-19(11-12-24(25)31)28(17-18-7-3-2-4-8-18,37-27(38)36-22-9-5-6-10-22)20-13-21(30)16-23(14-20)40-29(34,35)26(32)33/h2-4,7-8,11-16,22,26H,5-6,9-10,17H2,1H3,(H2,36,37,38)/t28-/m1/s1. The molecule has 1 aliphatic rings. The van der Waals surface area contributed by atoms with Crippen molar-refractivity contribution >= 4 is 6.03 Å². The van der Waals surface area contributed by atoms with Gasteiger partial charge >= 0.3 is 18.6 Å². The lowest BCUT2D eigenvalue weighted by atomic mass is 9.77. The number of nitrogens with one attached hydrogen (secondary N) is 2. The van der Waals surface area contributed by atoms with E-state index >= 15 is 0 Å². The minimum Gasteiger partial charge on any atom is -0.494 e. The molecule has 1 aliphatic carbocycles. The van der Waals surface area contributed by atoms with Gasteiger partial charge in [-0.15, -0.1) is 0 Å². The van der Waals surface area contributed by atoms with Crippen LogP contribution in [0.4, 0.5) is 31.1 Å². The fourth-order valence-electron chi connectivity index (χ4n) is 4.94. The molecule has 1 atom stereocenters. The normalized spacial score (nSPS) is 15.5. The van der Waals surface area contributed by atoms with Crippen molar-refractivity contribution in [2.45, 2.75) is 56.2 Å². The molecule has 0 aromatic heterocycles. The van der Waals surface area contributed by atoms with Gasteiger partial charge in [-0.2, -0.15) is 17.6 Å². The van der Waals surface area contributed by atoms with Gasteiger partial charge in [-0.25, -0.2) is 13.6 Å². The highest BCUT2D eigenvalue weighted by Crippen LogP contribution is 2.39. The Labute approximate surface area is 227 Å². The van der Waals surface area contributed by atoms with Crippen molar-refractivity contribution in [3.8, 4) is 11.5 Å². The Kier molecular flexibility index (Phi) is 8.80. The average molecular weight is 567 g/mol. The van der Waals surface area contributed by atoms with Gasteiger partial charge in [0.15, 0.2) is 11.6 Å².